The minimum Gasteiger partial charge on any atom is -0.462 e. The molecule has 0 bridgehead atoms. The van der Waals surface area contributed by atoms with Gasteiger partial charge in [-0.15, -0.1) is 0 Å². The predicted octanol–water partition coefficient (Wildman–Crippen LogP) is 22.5. The van der Waals surface area contributed by atoms with Crippen molar-refractivity contribution < 1.29 is 28.6 Å². The number of carbonyl (C=O) groups excluding carboxylic acids is 3. The molecule has 0 aromatic carbocycles. The largest absolute Gasteiger partial charge is 0.462 e. The lowest BCUT2D eigenvalue weighted by atomic mass is 10.1. The topological polar surface area (TPSA) is 78.9 Å². The maximum Gasteiger partial charge on any atom is 0.306 e. The van der Waals surface area contributed by atoms with Crippen molar-refractivity contribution >= 4 is 17.9 Å². The van der Waals surface area contributed by atoms with Gasteiger partial charge in [-0.2, -0.15) is 0 Å². The van der Waals surface area contributed by atoms with Crippen LogP contribution in [-0.4, -0.2) is 37.2 Å². The van der Waals surface area contributed by atoms with Crippen LogP contribution in [0, 0.1) is 0 Å². The Kier molecular flexibility index (Phi) is 62.4. The smallest absolute Gasteiger partial charge is 0.306 e. The first kappa shape index (κ1) is 75.0. The van der Waals surface area contributed by atoms with Crippen LogP contribution >= 0.6 is 0 Å². The fourth-order valence-electron chi connectivity index (χ4n) is 8.44. The molecule has 0 aromatic heterocycles. The number of allylic oxidation sites excluding steroid dienone is 26. The molecule has 6 nitrogen and oxygen atoms in total. The van der Waals surface area contributed by atoms with E-state index >= 15 is 0 Å². The highest BCUT2D eigenvalue weighted by Crippen LogP contribution is 2.14. The second-order valence-corrected chi connectivity index (χ2v) is 20.9. The molecule has 0 aliphatic carbocycles. The van der Waals surface area contributed by atoms with Gasteiger partial charge in [0.2, 0.25) is 0 Å². The Balaban J connectivity index is 4.43. The van der Waals surface area contributed by atoms with Crippen LogP contribution in [0.5, 0.6) is 0 Å². The number of hydrogen-bond donors (Lipinski definition) is 0. The standard InChI is InChI=1S/C74H118O6/c1-4-7-10-13-16-19-22-25-28-30-32-33-34-35-36-37-38-39-40-41-42-44-46-49-52-55-58-61-64-67-73(76)79-70-71(69-78-72(75)66-63-60-57-54-51-48-45-27-24-21-18-15-12-9-6-3)80-74(77)68-65-62-59-56-53-50-47-43-31-29-26-23-20-17-14-11-8-5-2/h7,9-10,12,16,18-21,23,25,27-29,31-33,35-36,38-39,41-42,45,51,54,71H,4-6,8,11,13-15,17,22,24,26,30,34,37,40,43-44,46-50,52-53,55-70H2,1-3H3/b10-7-,12-9-,19-16-,21-18-,23-20-,28-25-,31-29-,33-32-,36-35-,39-38-,42-41-,45-27-,54-51-. The van der Waals surface area contributed by atoms with E-state index in [9.17, 15) is 14.4 Å². The van der Waals surface area contributed by atoms with E-state index < -0.39 is 6.10 Å². The molecule has 0 aromatic rings. The maximum atomic E-state index is 12.9. The van der Waals surface area contributed by atoms with Gasteiger partial charge in [-0.1, -0.05) is 262 Å². The van der Waals surface area contributed by atoms with Crippen LogP contribution in [0.3, 0.4) is 0 Å². The Morgan fingerprint density at radius 1 is 0.263 bits per heavy atom. The van der Waals surface area contributed by atoms with Gasteiger partial charge in [0.25, 0.3) is 0 Å². The lowest BCUT2D eigenvalue weighted by Gasteiger charge is -2.18. The lowest BCUT2D eigenvalue weighted by Crippen LogP contribution is -2.30. The van der Waals surface area contributed by atoms with E-state index in [1.54, 1.807) is 0 Å². The van der Waals surface area contributed by atoms with Gasteiger partial charge in [0, 0.05) is 19.3 Å². The first-order chi connectivity index (χ1) is 39.5. The number of hydrogen-bond acceptors (Lipinski definition) is 6. The quantitative estimate of drug-likeness (QED) is 0.0261. The van der Waals surface area contributed by atoms with Crippen molar-refractivity contribution in [2.24, 2.45) is 0 Å². The lowest BCUT2D eigenvalue weighted by molar-refractivity contribution is -0.167. The predicted molar refractivity (Wildman–Crippen MR) is 348 cm³/mol. The zero-order chi connectivity index (χ0) is 57.8. The third-order valence-corrected chi connectivity index (χ3v) is 13.2. The van der Waals surface area contributed by atoms with Gasteiger partial charge in [0.05, 0.1) is 0 Å². The highest BCUT2D eigenvalue weighted by molar-refractivity contribution is 5.71. The molecule has 1 unspecified atom stereocenters. The molecule has 0 saturated carbocycles. The summed E-state index contributed by atoms with van der Waals surface area (Å²) in [6.07, 6.45) is 96.8. The molecule has 0 aliphatic rings. The summed E-state index contributed by atoms with van der Waals surface area (Å²) < 4.78 is 16.9. The van der Waals surface area contributed by atoms with E-state index in [0.717, 1.165) is 141 Å². The van der Waals surface area contributed by atoms with Crippen molar-refractivity contribution in [3.8, 4) is 0 Å². The molecule has 0 saturated heterocycles. The summed E-state index contributed by atoms with van der Waals surface area (Å²) in [7, 11) is 0. The van der Waals surface area contributed by atoms with E-state index in [0.29, 0.717) is 25.7 Å². The second-order valence-electron chi connectivity index (χ2n) is 20.9. The molecular formula is C74H118O6. The summed E-state index contributed by atoms with van der Waals surface area (Å²) in [5, 5.41) is 0. The fraction of sp³-hybridized carbons (Fsp3) is 0.608. The molecule has 80 heavy (non-hydrogen) atoms. The Morgan fingerprint density at radius 3 is 0.787 bits per heavy atom. The van der Waals surface area contributed by atoms with Crippen molar-refractivity contribution in [2.45, 2.75) is 277 Å². The van der Waals surface area contributed by atoms with Gasteiger partial charge >= 0.3 is 17.9 Å². The van der Waals surface area contributed by atoms with Gasteiger partial charge < -0.3 is 14.2 Å². The van der Waals surface area contributed by atoms with Crippen LogP contribution in [-0.2, 0) is 28.6 Å². The van der Waals surface area contributed by atoms with Gasteiger partial charge in [0.1, 0.15) is 13.2 Å². The first-order valence-corrected chi connectivity index (χ1v) is 32.5. The van der Waals surface area contributed by atoms with Crippen molar-refractivity contribution in [3.05, 3.63) is 158 Å². The van der Waals surface area contributed by atoms with Crippen molar-refractivity contribution in [1.29, 1.82) is 0 Å². The van der Waals surface area contributed by atoms with Crippen molar-refractivity contribution in [3.63, 3.8) is 0 Å². The number of ether oxygens (including phenoxy) is 3. The number of unbranched alkanes of at least 4 members (excludes halogenated alkanes) is 20. The molecule has 0 aliphatic heterocycles. The fourth-order valence-corrected chi connectivity index (χ4v) is 8.44. The van der Waals surface area contributed by atoms with Crippen LogP contribution in [0.4, 0.5) is 0 Å². The van der Waals surface area contributed by atoms with Crippen LogP contribution in [0.25, 0.3) is 0 Å². The van der Waals surface area contributed by atoms with E-state index in [1.807, 2.05) is 0 Å². The molecule has 0 heterocycles. The van der Waals surface area contributed by atoms with E-state index in [2.05, 4.69) is 179 Å². The van der Waals surface area contributed by atoms with Crippen molar-refractivity contribution in [2.75, 3.05) is 13.2 Å². The molecule has 0 spiro atoms. The van der Waals surface area contributed by atoms with Gasteiger partial charge in [-0.3, -0.25) is 14.4 Å². The second kappa shape index (κ2) is 66.5. The van der Waals surface area contributed by atoms with Crippen LogP contribution in [0.2, 0.25) is 0 Å². The summed E-state index contributed by atoms with van der Waals surface area (Å²) in [6, 6.07) is 0. The van der Waals surface area contributed by atoms with Crippen LogP contribution in [0.15, 0.2) is 158 Å². The number of carbonyl (C=O) groups is 3. The Hall–Kier alpha value is -4.97. The monoisotopic (exact) mass is 1100 g/mol. The molecule has 0 N–H and O–H groups in total. The van der Waals surface area contributed by atoms with Gasteiger partial charge in [-0.05, 0) is 148 Å². The van der Waals surface area contributed by atoms with Crippen molar-refractivity contribution in [1.82, 2.24) is 0 Å². The Morgan fingerprint density at radius 2 is 0.487 bits per heavy atom. The van der Waals surface area contributed by atoms with Gasteiger partial charge in [0.15, 0.2) is 6.10 Å². The molecule has 450 valence electrons. The molecule has 6 heteroatoms. The minimum atomic E-state index is -0.813. The van der Waals surface area contributed by atoms with Crippen LogP contribution < -0.4 is 0 Å². The van der Waals surface area contributed by atoms with Crippen LogP contribution in [0.1, 0.15) is 271 Å². The summed E-state index contributed by atoms with van der Waals surface area (Å²) in [5.41, 5.74) is 0. The molecule has 0 fully saturated rings. The third kappa shape index (κ3) is 63.9. The van der Waals surface area contributed by atoms with E-state index in [1.165, 1.54) is 83.5 Å². The van der Waals surface area contributed by atoms with E-state index in [4.69, 9.17) is 14.2 Å². The number of rotatable bonds is 57. The molecule has 0 radical (unpaired) electrons. The van der Waals surface area contributed by atoms with Gasteiger partial charge in [-0.25, -0.2) is 0 Å². The molecule has 0 amide bonds. The Bertz CT molecular complexity index is 1790. The third-order valence-electron chi connectivity index (χ3n) is 13.2. The molecular weight excluding hydrogens is 985 g/mol. The zero-order valence-electron chi connectivity index (χ0n) is 51.5. The summed E-state index contributed by atoms with van der Waals surface area (Å²) in [5.74, 6) is -0.969. The van der Waals surface area contributed by atoms with E-state index in [-0.39, 0.29) is 31.1 Å². The average Bonchev–Trinajstić information content (AvgIpc) is 3.46. The molecule has 1 atom stereocenters. The Labute approximate surface area is 492 Å². The minimum absolute atomic E-state index is 0.107. The number of esters is 3. The molecule has 0 rings (SSSR count). The highest BCUT2D eigenvalue weighted by atomic mass is 16.6. The maximum absolute atomic E-state index is 12.9. The average molecular weight is 1100 g/mol. The SMILES string of the molecule is CC/C=C\C/C=C\C/C=C\C/C=C\C/C=C\C/C=C\C/C=C\CCCCCCCCCC(=O)OCC(COC(=O)CCCC/C=C\C/C=C\C/C=C\C/C=C\CC)OC(=O)CCCCCCCCC/C=C\C/C=C\CCCCCC. The first-order valence-electron chi connectivity index (χ1n) is 32.5. The zero-order valence-corrected chi connectivity index (χ0v) is 51.5. The summed E-state index contributed by atoms with van der Waals surface area (Å²) >= 11 is 0. The highest BCUT2D eigenvalue weighted by Gasteiger charge is 2.19. The summed E-state index contributed by atoms with van der Waals surface area (Å²) in [6.45, 7) is 6.34. The summed E-state index contributed by atoms with van der Waals surface area (Å²) in [4.78, 5) is 38.3. The normalized spacial score (nSPS) is 13.2.